The van der Waals surface area contributed by atoms with Crippen LogP contribution < -0.4 is 5.32 Å². The maximum absolute atomic E-state index is 6.29. The van der Waals surface area contributed by atoms with Crippen LogP contribution in [-0.4, -0.2) is 27.6 Å². The molecule has 1 aliphatic heterocycles. The average molecular weight is 465 g/mol. The number of fused-ring (bicyclic) bond motifs is 2. The fourth-order valence-electron chi connectivity index (χ4n) is 4.80. The number of allylic oxidation sites excluding steroid dienone is 1. The molecule has 1 unspecified atom stereocenters. The largest absolute Gasteiger partial charge is 0.335 e. The SMILES string of the molecule is CC.CC1=Cc2cccnc2C(C2CCNCC2)c2ccc(Cl)cc21.CCn1ccnc1C. The van der Waals surface area contributed by atoms with Gasteiger partial charge in [0, 0.05) is 36.1 Å². The van der Waals surface area contributed by atoms with Crippen molar-refractivity contribution in [2.45, 2.75) is 59.9 Å². The van der Waals surface area contributed by atoms with Crippen LogP contribution in [0.25, 0.3) is 11.6 Å². The minimum Gasteiger partial charge on any atom is -0.335 e. The van der Waals surface area contributed by atoms with Crippen LogP contribution in [0, 0.1) is 12.8 Å². The van der Waals surface area contributed by atoms with E-state index < -0.39 is 0 Å². The van der Waals surface area contributed by atoms with Gasteiger partial charge in [0.25, 0.3) is 0 Å². The summed E-state index contributed by atoms with van der Waals surface area (Å²) in [6.45, 7) is 13.5. The summed E-state index contributed by atoms with van der Waals surface area (Å²) in [5.74, 6) is 2.07. The topological polar surface area (TPSA) is 42.7 Å². The van der Waals surface area contributed by atoms with Crippen LogP contribution >= 0.6 is 11.6 Å². The fraction of sp³-hybridized carbons (Fsp3) is 0.429. The van der Waals surface area contributed by atoms with Gasteiger partial charge in [-0.3, -0.25) is 4.98 Å². The summed E-state index contributed by atoms with van der Waals surface area (Å²) >= 11 is 6.29. The normalized spacial score (nSPS) is 17.3. The lowest BCUT2D eigenvalue weighted by atomic mass is 9.76. The molecule has 4 nitrogen and oxygen atoms in total. The van der Waals surface area contributed by atoms with Crippen molar-refractivity contribution in [3.63, 3.8) is 0 Å². The van der Waals surface area contributed by atoms with Gasteiger partial charge in [-0.05, 0) is 99.2 Å². The summed E-state index contributed by atoms with van der Waals surface area (Å²) in [6.07, 6.45) is 10.4. The minimum absolute atomic E-state index is 0.356. The van der Waals surface area contributed by atoms with E-state index in [9.17, 15) is 0 Å². The number of piperidine rings is 1. The molecule has 0 saturated carbocycles. The predicted molar refractivity (Wildman–Crippen MR) is 141 cm³/mol. The van der Waals surface area contributed by atoms with E-state index in [1.165, 1.54) is 40.8 Å². The highest BCUT2D eigenvalue weighted by Gasteiger charge is 2.32. The lowest BCUT2D eigenvalue weighted by molar-refractivity contribution is 0.339. The highest BCUT2D eigenvalue weighted by Crippen LogP contribution is 2.44. The Kier molecular flexibility index (Phi) is 9.28. The van der Waals surface area contributed by atoms with Gasteiger partial charge in [-0.2, -0.15) is 0 Å². The maximum Gasteiger partial charge on any atom is 0.105 e. The summed E-state index contributed by atoms with van der Waals surface area (Å²) < 4.78 is 2.10. The maximum atomic E-state index is 6.29. The molecule has 0 amide bonds. The first-order valence-corrected chi connectivity index (χ1v) is 12.6. The van der Waals surface area contributed by atoms with Gasteiger partial charge >= 0.3 is 0 Å². The van der Waals surface area contributed by atoms with E-state index in [4.69, 9.17) is 16.6 Å². The number of aromatic nitrogens is 3. The third kappa shape index (κ3) is 5.93. The van der Waals surface area contributed by atoms with Gasteiger partial charge in [0.2, 0.25) is 0 Å². The fourth-order valence-corrected chi connectivity index (χ4v) is 4.98. The molecule has 0 spiro atoms. The first kappa shape index (κ1) is 25.2. The van der Waals surface area contributed by atoms with Crippen molar-refractivity contribution in [3.05, 3.63) is 82.2 Å². The lowest BCUT2D eigenvalue weighted by Crippen LogP contribution is -2.32. The van der Waals surface area contributed by atoms with Gasteiger partial charge in [0.1, 0.15) is 5.82 Å². The van der Waals surface area contributed by atoms with Crippen molar-refractivity contribution >= 4 is 23.3 Å². The molecule has 1 fully saturated rings. The zero-order valence-corrected chi connectivity index (χ0v) is 21.4. The second-order valence-electron chi connectivity index (χ2n) is 8.36. The highest BCUT2D eigenvalue weighted by molar-refractivity contribution is 6.30. The molecule has 1 N–H and O–H groups in total. The number of hydrogen-bond acceptors (Lipinski definition) is 3. The number of nitrogens with zero attached hydrogens (tertiary/aromatic N) is 3. The lowest BCUT2D eigenvalue weighted by Gasteiger charge is -2.32. The molecule has 1 aromatic carbocycles. The molecule has 176 valence electrons. The Hall–Kier alpha value is -2.43. The van der Waals surface area contributed by atoms with Gasteiger partial charge in [-0.25, -0.2) is 4.98 Å². The number of benzene rings is 1. The third-order valence-corrected chi connectivity index (χ3v) is 6.67. The highest BCUT2D eigenvalue weighted by atomic mass is 35.5. The summed E-state index contributed by atoms with van der Waals surface area (Å²) in [6, 6.07) is 10.6. The Morgan fingerprint density at radius 1 is 1.06 bits per heavy atom. The molecule has 5 rings (SSSR count). The van der Waals surface area contributed by atoms with Crippen LogP contribution in [0.5, 0.6) is 0 Å². The first-order chi connectivity index (χ1) is 16.1. The predicted octanol–water partition coefficient (Wildman–Crippen LogP) is 6.98. The standard InChI is InChI=1S/C20H21ClN2.C6H10N2.C2H6/c1-13-11-15-3-2-8-23-20(15)19(14-6-9-22-10-7-14)17-5-4-16(21)12-18(13)17;1-3-8-5-4-7-6(8)2;1-2/h2-5,8,11-12,14,19,22H,6-7,9-10H2,1H3;4-5H,3H2,1-2H3;1-2H3. The molecule has 3 heterocycles. The number of hydrogen-bond donors (Lipinski definition) is 1. The van der Waals surface area contributed by atoms with Crippen LogP contribution in [0.1, 0.15) is 74.7 Å². The van der Waals surface area contributed by atoms with E-state index in [1.807, 2.05) is 51.5 Å². The molecule has 2 aromatic heterocycles. The molecule has 5 heteroatoms. The molecule has 1 atom stereocenters. The number of halogens is 1. The van der Waals surface area contributed by atoms with E-state index in [-0.39, 0.29) is 0 Å². The van der Waals surface area contributed by atoms with Crippen LogP contribution in [-0.2, 0) is 6.54 Å². The van der Waals surface area contributed by atoms with Crippen molar-refractivity contribution in [2.24, 2.45) is 5.92 Å². The molecule has 0 radical (unpaired) electrons. The Morgan fingerprint density at radius 3 is 2.45 bits per heavy atom. The van der Waals surface area contributed by atoms with Crippen LogP contribution in [0.3, 0.4) is 0 Å². The van der Waals surface area contributed by atoms with Gasteiger partial charge < -0.3 is 9.88 Å². The van der Waals surface area contributed by atoms with Gasteiger partial charge in [-0.1, -0.05) is 37.6 Å². The smallest absolute Gasteiger partial charge is 0.105 e. The van der Waals surface area contributed by atoms with Crippen molar-refractivity contribution < 1.29 is 0 Å². The van der Waals surface area contributed by atoms with Crippen molar-refractivity contribution in [1.82, 2.24) is 19.9 Å². The van der Waals surface area contributed by atoms with E-state index in [1.54, 1.807) is 0 Å². The summed E-state index contributed by atoms with van der Waals surface area (Å²) in [7, 11) is 0. The quantitative estimate of drug-likeness (QED) is 0.444. The second-order valence-corrected chi connectivity index (χ2v) is 8.80. The summed E-state index contributed by atoms with van der Waals surface area (Å²) in [4.78, 5) is 8.84. The molecule has 2 aliphatic rings. The van der Waals surface area contributed by atoms with E-state index in [2.05, 4.69) is 53.0 Å². The van der Waals surface area contributed by atoms with Gasteiger partial charge in [-0.15, -0.1) is 0 Å². The van der Waals surface area contributed by atoms with Gasteiger partial charge in [0.05, 0.1) is 5.69 Å². The monoisotopic (exact) mass is 464 g/mol. The van der Waals surface area contributed by atoms with Crippen LogP contribution in [0.4, 0.5) is 0 Å². The molecule has 0 bridgehead atoms. The van der Waals surface area contributed by atoms with E-state index in [0.717, 1.165) is 30.5 Å². The first-order valence-electron chi connectivity index (χ1n) is 12.2. The number of imidazole rings is 1. The molecule has 1 saturated heterocycles. The minimum atomic E-state index is 0.356. The van der Waals surface area contributed by atoms with Gasteiger partial charge in [0.15, 0.2) is 0 Å². The summed E-state index contributed by atoms with van der Waals surface area (Å²) in [5.41, 5.74) is 6.40. The van der Waals surface area contributed by atoms with Crippen molar-refractivity contribution in [1.29, 1.82) is 0 Å². The number of pyridine rings is 1. The third-order valence-electron chi connectivity index (χ3n) is 6.43. The molecule has 3 aromatic rings. The Labute approximate surface area is 204 Å². The number of aryl methyl sites for hydroxylation is 2. The van der Waals surface area contributed by atoms with Crippen molar-refractivity contribution in [3.8, 4) is 0 Å². The second kappa shape index (κ2) is 12.2. The molecular formula is C28H37ClN4. The van der Waals surface area contributed by atoms with Crippen LogP contribution in [0.15, 0.2) is 48.9 Å². The zero-order valence-electron chi connectivity index (χ0n) is 20.6. The summed E-state index contributed by atoms with van der Waals surface area (Å²) in [5, 5.41) is 4.29. The number of rotatable bonds is 2. The van der Waals surface area contributed by atoms with E-state index >= 15 is 0 Å². The molecular weight excluding hydrogens is 428 g/mol. The Bertz CT molecular complexity index is 1060. The van der Waals surface area contributed by atoms with Crippen LogP contribution in [0.2, 0.25) is 5.02 Å². The van der Waals surface area contributed by atoms with E-state index in [0.29, 0.717) is 11.8 Å². The Balaban J connectivity index is 0.000000258. The average Bonchev–Trinajstić information content (AvgIpc) is 3.23. The molecule has 33 heavy (non-hydrogen) atoms. The number of nitrogens with one attached hydrogen (secondary N) is 1. The van der Waals surface area contributed by atoms with Crippen molar-refractivity contribution in [2.75, 3.05) is 13.1 Å². The zero-order chi connectivity index (χ0) is 23.8. The Morgan fingerprint density at radius 2 is 1.82 bits per heavy atom. The molecule has 1 aliphatic carbocycles.